The Hall–Kier alpha value is 0.0700. The van der Waals surface area contributed by atoms with Crippen LogP contribution in [0.3, 0.4) is 0 Å². The van der Waals surface area contributed by atoms with Crippen molar-refractivity contribution in [1.29, 1.82) is 0 Å². The van der Waals surface area contributed by atoms with Crippen molar-refractivity contribution in [2.75, 3.05) is 25.4 Å². The molecule has 0 radical (unpaired) electrons. The van der Waals surface area contributed by atoms with Gasteiger partial charge in [0.15, 0.2) is 0 Å². The molecule has 1 rings (SSSR count). The SMILES string of the molecule is CC(CN1CCCC1)CS(=O)[O-]. The molecule has 3 nitrogen and oxygen atoms in total. The highest BCUT2D eigenvalue weighted by Gasteiger charge is 2.14. The third-order valence-corrected chi connectivity index (χ3v) is 3.03. The number of nitrogens with zero attached hydrogens (tertiary/aromatic N) is 1. The minimum atomic E-state index is -1.87. The van der Waals surface area contributed by atoms with E-state index in [9.17, 15) is 8.76 Å². The second-order valence-corrected chi connectivity index (χ2v) is 4.52. The fourth-order valence-electron chi connectivity index (χ4n) is 1.69. The van der Waals surface area contributed by atoms with E-state index in [4.69, 9.17) is 0 Å². The highest BCUT2D eigenvalue weighted by Crippen LogP contribution is 2.10. The largest absolute Gasteiger partial charge is 0.772 e. The van der Waals surface area contributed by atoms with Gasteiger partial charge in [0, 0.05) is 12.3 Å². The Morgan fingerprint density at radius 2 is 2.08 bits per heavy atom. The summed E-state index contributed by atoms with van der Waals surface area (Å²) in [5.74, 6) is 0.581. The first-order chi connectivity index (χ1) is 5.68. The maximum absolute atomic E-state index is 10.4. The van der Waals surface area contributed by atoms with E-state index in [-0.39, 0.29) is 5.92 Å². The maximum Gasteiger partial charge on any atom is 0.0139 e. The van der Waals surface area contributed by atoms with Gasteiger partial charge in [-0.15, -0.1) is 0 Å². The van der Waals surface area contributed by atoms with E-state index < -0.39 is 11.1 Å². The van der Waals surface area contributed by atoms with Crippen LogP contribution in [0.1, 0.15) is 19.8 Å². The molecule has 0 N–H and O–H groups in total. The Kier molecular flexibility index (Phi) is 4.18. The lowest BCUT2D eigenvalue weighted by Gasteiger charge is -2.20. The predicted molar refractivity (Wildman–Crippen MR) is 48.6 cm³/mol. The Morgan fingerprint density at radius 3 is 2.58 bits per heavy atom. The fourth-order valence-corrected chi connectivity index (χ4v) is 2.26. The second kappa shape index (κ2) is 4.94. The molecule has 1 fully saturated rings. The average Bonchev–Trinajstić information content (AvgIpc) is 2.37. The summed E-state index contributed by atoms with van der Waals surface area (Å²) in [5, 5.41) is 0. The first-order valence-electron chi connectivity index (χ1n) is 4.46. The van der Waals surface area contributed by atoms with Crippen molar-refractivity contribution in [2.24, 2.45) is 5.92 Å². The number of likely N-dealkylation sites (tertiary alicyclic amines) is 1. The Balaban J connectivity index is 2.16. The number of hydrogen-bond donors (Lipinski definition) is 0. The van der Waals surface area contributed by atoms with Gasteiger partial charge in [-0.2, -0.15) is 0 Å². The molecular weight excluding hydrogens is 174 g/mol. The molecule has 0 spiro atoms. The van der Waals surface area contributed by atoms with E-state index in [2.05, 4.69) is 4.90 Å². The van der Waals surface area contributed by atoms with Crippen LogP contribution in [0.2, 0.25) is 0 Å². The van der Waals surface area contributed by atoms with Gasteiger partial charge in [0.1, 0.15) is 0 Å². The normalized spacial score (nSPS) is 24.2. The zero-order valence-corrected chi connectivity index (χ0v) is 8.31. The molecule has 4 heteroatoms. The van der Waals surface area contributed by atoms with Crippen LogP contribution in [0.4, 0.5) is 0 Å². The number of hydrogen-bond acceptors (Lipinski definition) is 3. The third-order valence-electron chi connectivity index (χ3n) is 2.19. The van der Waals surface area contributed by atoms with E-state index in [1.807, 2.05) is 6.92 Å². The molecule has 0 aromatic carbocycles. The van der Waals surface area contributed by atoms with E-state index in [0.717, 1.165) is 19.6 Å². The van der Waals surface area contributed by atoms with Gasteiger partial charge >= 0.3 is 0 Å². The molecule has 0 saturated carbocycles. The molecule has 2 unspecified atom stereocenters. The molecule has 1 saturated heterocycles. The van der Waals surface area contributed by atoms with Crippen LogP contribution in [0.15, 0.2) is 0 Å². The summed E-state index contributed by atoms with van der Waals surface area (Å²) in [6.45, 7) is 5.23. The standard InChI is InChI=1S/C8H17NO2S/c1-8(7-12(10)11)6-9-4-2-3-5-9/h8H,2-7H2,1H3,(H,10,11)/p-1. The minimum absolute atomic E-state index is 0.279. The topological polar surface area (TPSA) is 43.4 Å². The van der Waals surface area contributed by atoms with Gasteiger partial charge in [-0.3, -0.25) is 4.21 Å². The van der Waals surface area contributed by atoms with Crippen molar-refractivity contribution in [1.82, 2.24) is 4.90 Å². The molecule has 0 aliphatic carbocycles. The lowest BCUT2D eigenvalue weighted by Crippen LogP contribution is -2.27. The summed E-state index contributed by atoms with van der Waals surface area (Å²) in [4.78, 5) is 2.34. The lowest BCUT2D eigenvalue weighted by atomic mass is 10.2. The molecule has 1 aliphatic heterocycles. The maximum atomic E-state index is 10.4. The quantitative estimate of drug-likeness (QED) is 0.610. The average molecular weight is 190 g/mol. The summed E-state index contributed by atoms with van der Waals surface area (Å²) >= 11 is -1.87. The Morgan fingerprint density at radius 1 is 1.50 bits per heavy atom. The van der Waals surface area contributed by atoms with Crippen molar-refractivity contribution >= 4 is 11.1 Å². The van der Waals surface area contributed by atoms with Crippen molar-refractivity contribution < 1.29 is 8.76 Å². The van der Waals surface area contributed by atoms with E-state index in [1.54, 1.807) is 0 Å². The molecule has 12 heavy (non-hydrogen) atoms. The Bertz CT molecular complexity index is 157. The predicted octanol–water partition coefficient (Wildman–Crippen LogP) is 0.597. The van der Waals surface area contributed by atoms with Gasteiger partial charge in [0.2, 0.25) is 0 Å². The van der Waals surface area contributed by atoms with E-state index in [0.29, 0.717) is 5.75 Å². The molecule has 2 atom stereocenters. The smallest absolute Gasteiger partial charge is 0.0139 e. The van der Waals surface area contributed by atoms with Crippen LogP contribution in [-0.2, 0) is 11.1 Å². The molecule has 0 aromatic rings. The molecule has 0 bridgehead atoms. The summed E-state index contributed by atoms with van der Waals surface area (Å²) in [6.07, 6.45) is 2.54. The zero-order chi connectivity index (χ0) is 8.97. The van der Waals surface area contributed by atoms with Gasteiger partial charge in [-0.25, -0.2) is 0 Å². The first-order valence-corrected chi connectivity index (χ1v) is 5.71. The summed E-state index contributed by atoms with van der Waals surface area (Å²) in [6, 6.07) is 0. The van der Waals surface area contributed by atoms with Crippen LogP contribution in [-0.4, -0.2) is 39.0 Å². The van der Waals surface area contributed by atoms with Gasteiger partial charge in [0.25, 0.3) is 0 Å². The summed E-state index contributed by atoms with van der Waals surface area (Å²) in [5.41, 5.74) is 0. The van der Waals surface area contributed by atoms with E-state index in [1.165, 1.54) is 12.8 Å². The first kappa shape index (κ1) is 10.2. The summed E-state index contributed by atoms with van der Waals surface area (Å²) < 4.78 is 20.7. The molecular formula is C8H16NO2S-. The number of rotatable bonds is 4. The summed E-state index contributed by atoms with van der Waals surface area (Å²) in [7, 11) is 0. The van der Waals surface area contributed by atoms with Crippen LogP contribution in [0.25, 0.3) is 0 Å². The van der Waals surface area contributed by atoms with Crippen LogP contribution >= 0.6 is 0 Å². The monoisotopic (exact) mass is 190 g/mol. The third kappa shape index (κ3) is 3.65. The van der Waals surface area contributed by atoms with Crippen molar-refractivity contribution in [2.45, 2.75) is 19.8 Å². The minimum Gasteiger partial charge on any atom is -0.772 e. The lowest BCUT2D eigenvalue weighted by molar-refractivity contribution is 0.298. The van der Waals surface area contributed by atoms with Gasteiger partial charge < -0.3 is 9.45 Å². The molecule has 0 amide bonds. The van der Waals surface area contributed by atoms with Gasteiger partial charge in [-0.1, -0.05) is 18.0 Å². The Labute approximate surface area is 76.4 Å². The van der Waals surface area contributed by atoms with Crippen molar-refractivity contribution in [3.63, 3.8) is 0 Å². The second-order valence-electron chi connectivity index (χ2n) is 3.58. The van der Waals surface area contributed by atoms with Gasteiger partial charge in [-0.05, 0) is 31.8 Å². The van der Waals surface area contributed by atoms with E-state index >= 15 is 0 Å². The van der Waals surface area contributed by atoms with Crippen LogP contribution < -0.4 is 0 Å². The highest BCUT2D eigenvalue weighted by molar-refractivity contribution is 7.79. The van der Waals surface area contributed by atoms with Gasteiger partial charge in [0.05, 0.1) is 0 Å². The van der Waals surface area contributed by atoms with Crippen LogP contribution in [0.5, 0.6) is 0 Å². The molecule has 1 heterocycles. The fraction of sp³-hybridized carbons (Fsp3) is 1.00. The van der Waals surface area contributed by atoms with Crippen molar-refractivity contribution in [3.05, 3.63) is 0 Å². The zero-order valence-electron chi connectivity index (χ0n) is 7.49. The van der Waals surface area contributed by atoms with Crippen molar-refractivity contribution in [3.8, 4) is 0 Å². The molecule has 1 aliphatic rings. The molecule has 0 aromatic heterocycles. The highest BCUT2D eigenvalue weighted by atomic mass is 32.2. The van der Waals surface area contributed by atoms with Crippen LogP contribution in [0, 0.1) is 5.92 Å². The molecule has 72 valence electrons.